The number of aryl methyl sites for hydroxylation is 1. The molecule has 1 fully saturated rings. The molecule has 0 unspecified atom stereocenters. The van der Waals surface area contributed by atoms with Crippen molar-refractivity contribution in [2.45, 2.75) is 64.0 Å². The summed E-state index contributed by atoms with van der Waals surface area (Å²) in [6.45, 7) is 3.32. The molecule has 0 spiro atoms. The first-order chi connectivity index (χ1) is 16.2. The molecule has 0 aliphatic heterocycles. The van der Waals surface area contributed by atoms with E-state index in [-0.39, 0.29) is 0 Å². The molecule has 4 rings (SSSR count). The lowest BCUT2D eigenvalue weighted by Gasteiger charge is -2.26. The van der Waals surface area contributed by atoms with Crippen LogP contribution in [-0.4, -0.2) is 33.3 Å². The maximum atomic E-state index is 4.88. The number of hydrogen-bond acceptors (Lipinski definition) is 3. The zero-order valence-electron chi connectivity index (χ0n) is 19.9. The first-order valence-corrected chi connectivity index (χ1v) is 12.2. The third-order valence-electron chi connectivity index (χ3n) is 6.64. The van der Waals surface area contributed by atoms with E-state index < -0.39 is 0 Å². The Labute approximate surface area is 197 Å². The standard InChI is InChI=1S/C27H36N6/c1-21-31-32-26(33(21)2)20-29-27(30-24-16-10-5-11-17-24)28-19-18-25(22-12-6-3-7-13-22)23-14-8-4-9-15-23/h3-4,6-9,12-15,24-25H,5,10-11,16-20H2,1-2H3,(H2,28,29,30). The fourth-order valence-electron chi connectivity index (χ4n) is 4.56. The van der Waals surface area contributed by atoms with Gasteiger partial charge in [-0.05, 0) is 37.3 Å². The molecule has 0 saturated heterocycles. The van der Waals surface area contributed by atoms with Gasteiger partial charge in [0.05, 0.1) is 0 Å². The molecule has 1 heterocycles. The van der Waals surface area contributed by atoms with Crippen LogP contribution in [0.3, 0.4) is 0 Å². The van der Waals surface area contributed by atoms with Gasteiger partial charge in [-0.25, -0.2) is 4.99 Å². The number of rotatable bonds is 8. The van der Waals surface area contributed by atoms with Gasteiger partial charge < -0.3 is 15.2 Å². The van der Waals surface area contributed by atoms with Crippen molar-refractivity contribution >= 4 is 5.96 Å². The van der Waals surface area contributed by atoms with Crippen molar-refractivity contribution in [1.82, 2.24) is 25.4 Å². The van der Waals surface area contributed by atoms with E-state index in [1.807, 2.05) is 18.5 Å². The van der Waals surface area contributed by atoms with Crippen LogP contribution in [-0.2, 0) is 13.6 Å². The zero-order valence-corrected chi connectivity index (χ0v) is 19.9. The second-order valence-electron chi connectivity index (χ2n) is 8.96. The lowest BCUT2D eigenvalue weighted by molar-refractivity contribution is 0.409. The lowest BCUT2D eigenvalue weighted by atomic mass is 9.88. The second-order valence-corrected chi connectivity index (χ2v) is 8.96. The Morgan fingerprint density at radius 1 is 0.970 bits per heavy atom. The highest BCUT2D eigenvalue weighted by atomic mass is 15.3. The Morgan fingerprint density at radius 2 is 1.61 bits per heavy atom. The van der Waals surface area contributed by atoms with Gasteiger partial charge in [0, 0.05) is 25.6 Å². The number of benzene rings is 2. The fourth-order valence-corrected chi connectivity index (χ4v) is 4.56. The van der Waals surface area contributed by atoms with E-state index in [1.54, 1.807) is 0 Å². The molecule has 0 atom stereocenters. The van der Waals surface area contributed by atoms with Gasteiger partial charge in [-0.2, -0.15) is 0 Å². The summed E-state index contributed by atoms with van der Waals surface area (Å²) < 4.78 is 2.00. The normalized spacial score (nSPS) is 15.1. The van der Waals surface area contributed by atoms with Crippen LogP contribution >= 0.6 is 0 Å². The van der Waals surface area contributed by atoms with Gasteiger partial charge in [0.1, 0.15) is 12.4 Å². The van der Waals surface area contributed by atoms with E-state index in [1.165, 1.54) is 43.2 Å². The summed E-state index contributed by atoms with van der Waals surface area (Å²) in [4.78, 5) is 4.88. The highest BCUT2D eigenvalue weighted by Gasteiger charge is 2.17. The van der Waals surface area contributed by atoms with Gasteiger partial charge in [-0.15, -0.1) is 10.2 Å². The molecule has 6 heteroatoms. The molecule has 6 nitrogen and oxygen atoms in total. The Morgan fingerprint density at radius 3 is 2.18 bits per heavy atom. The topological polar surface area (TPSA) is 67.1 Å². The van der Waals surface area contributed by atoms with E-state index in [0.29, 0.717) is 18.5 Å². The van der Waals surface area contributed by atoms with Gasteiger partial charge in [0.25, 0.3) is 0 Å². The molecule has 1 saturated carbocycles. The van der Waals surface area contributed by atoms with Crippen LogP contribution in [0.25, 0.3) is 0 Å². The van der Waals surface area contributed by atoms with Crippen molar-refractivity contribution in [3.05, 3.63) is 83.4 Å². The summed E-state index contributed by atoms with van der Waals surface area (Å²) >= 11 is 0. The van der Waals surface area contributed by atoms with Crippen LogP contribution in [0, 0.1) is 6.92 Å². The minimum absolute atomic E-state index is 0.345. The third-order valence-corrected chi connectivity index (χ3v) is 6.64. The average Bonchev–Trinajstić information content (AvgIpc) is 3.19. The average molecular weight is 445 g/mol. The van der Waals surface area contributed by atoms with Crippen molar-refractivity contribution in [3.8, 4) is 0 Å². The Kier molecular flexibility index (Phi) is 8.12. The van der Waals surface area contributed by atoms with Crippen molar-refractivity contribution in [1.29, 1.82) is 0 Å². The number of aromatic nitrogens is 3. The van der Waals surface area contributed by atoms with E-state index in [9.17, 15) is 0 Å². The molecule has 1 aliphatic rings. The van der Waals surface area contributed by atoms with E-state index >= 15 is 0 Å². The van der Waals surface area contributed by atoms with E-state index in [2.05, 4.69) is 81.5 Å². The molecule has 0 amide bonds. The van der Waals surface area contributed by atoms with Crippen LogP contribution in [0.1, 0.15) is 67.2 Å². The molecule has 2 N–H and O–H groups in total. The highest BCUT2D eigenvalue weighted by Crippen LogP contribution is 2.27. The second kappa shape index (κ2) is 11.6. The number of nitrogens with zero attached hydrogens (tertiary/aromatic N) is 4. The summed E-state index contributed by atoms with van der Waals surface area (Å²) in [5.41, 5.74) is 2.69. The first kappa shape index (κ1) is 23.0. The molecular weight excluding hydrogens is 408 g/mol. The summed E-state index contributed by atoms with van der Waals surface area (Å²) in [6.07, 6.45) is 7.32. The fraction of sp³-hybridized carbons (Fsp3) is 0.444. The molecule has 1 aliphatic carbocycles. The molecule has 0 bridgehead atoms. The predicted molar refractivity (Wildman–Crippen MR) is 134 cm³/mol. The molecule has 33 heavy (non-hydrogen) atoms. The first-order valence-electron chi connectivity index (χ1n) is 12.2. The molecule has 3 aromatic rings. The summed E-state index contributed by atoms with van der Waals surface area (Å²) in [7, 11) is 1.99. The van der Waals surface area contributed by atoms with Crippen LogP contribution in [0.4, 0.5) is 0 Å². The van der Waals surface area contributed by atoms with Gasteiger partial charge in [-0.3, -0.25) is 0 Å². The van der Waals surface area contributed by atoms with Crippen LogP contribution in [0.5, 0.6) is 0 Å². The quantitative estimate of drug-likeness (QED) is 0.390. The molecule has 0 radical (unpaired) electrons. The van der Waals surface area contributed by atoms with Crippen LogP contribution in [0.2, 0.25) is 0 Å². The molecule has 2 aromatic carbocycles. The number of hydrogen-bond donors (Lipinski definition) is 2. The minimum Gasteiger partial charge on any atom is -0.356 e. The van der Waals surface area contributed by atoms with Crippen molar-refractivity contribution in [2.24, 2.45) is 12.0 Å². The molecule has 1 aromatic heterocycles. The maximum absolute atomic E-state index is 4.88. The summed E-state index contributed by atoms with van der Waals surface area (Å²) in [5, 5.41) is 15.7. The summed E-state index contributed by atoms with van der Waals surface area (Å²) in [5.74, 6) is 3.01. The zero-order chi connectivity index (χ0) is 22.9. The Hall–Kier alpha value is -3.15. The SMILES string of the molecule is Cc1nnc(CN=C(NCCC(c2ccccc2)c2ccccc2)NC2CCCCC2)n1C. The van der Waals surface area contributed by atoms with Gasteiger partial charge in [0.2, 0.25) is 0 Å². The smallest absolute Gasteiger partial charge is 0.191 e. The molecule has 174 valence electrons. The lowest BCUT2D eigenvalue weighted by Crippen LogP contribution is -2.44. The Bertz CT molecular complexity index is 966. The number of guanidine groups is 1. The maximum Gasteiger partial charge on any atom is 0.191 e. The van der Waals surface area contributed by atoms with Crippen molar-refractivity contribution < 1.29 is 0 Å². The van der Waals surface area contributed by atoms with Crippen molar-refractivity contribution in [3.63, 3.8) is 0 Å². The summed E-state index contributed by atoms with van der Waals surface area (Å²) in [6, 6.07) is 22.1. The highest BCUT2D eigenvalue weighted by molar-refractivity contribution is 5.80. The third kappa shape index (κ3) is 6.44. The molecular formula is C27H36N6. The van der Waals surface area contributed by atoms with Gasteiger partial charge >= 0.3 is 0 Å². The number of aliphatic imine (C=N–C) groups is 1. The Balaban J connectivity index is 1.45. The van der Waals surface area contributed by atoms with Gasteiger partial charge in [-0.1, -0.05) is 79.9 Å². The minimum atomic E-state index is 0.345. The van der Waals surface area contributed by atoms with Crippen LogP contribution in [0.15, 0.2) is 65.7 Å². The van der Waals surface area contributed by atoms with Crippen LogP contribution < -0.4 is 10.6 Å². The van der Waals surface area contributed by atoms with Crippen molar-refractivity contribution in [2.75, 3.05) is 6.54 Å². The van der Waals surface area contributed by atoms with Gasteiger partial charge in [0.15, 0.2) is 11.8 Å². The number of nitrogens with one attached hydrogen (secondary N) is 2. The van der Waals surface area contributed by atoms with E-state index in [4.69, 9.17) is 4.99 Å². The monoisotopic (exact) mass is 444 g/mol. The largest absolute Gasteiger partial charge is 0.356 e. The van der Waals surface area contributed by atoms with E-state index in [0.717, 1.165) is 30.6 Å². The predicted octanol–water partition coefficient (Wildman–Crippen LogP) is 4.71.